The predicted octanol–water partition coefficient (Wildman–Crippen LogP) is 1.11. The number of hydrogen-bond donors (Lipinski definition) is 4. The molecule has 0 radical (unpaired) electrons. The first kappa shape index (κ1) is 12.2. The van der Waals surface area contributed by atoms with E-state index in [-0.39, 0.29) is 12.1 Å². The van der Waals surface area contributed by atoms with Crippen molar-refractivity contribution >= 4 is 22.9 Å². The van der Waals surface area contributed by atoms with Crippen molar-refractivity contribution in [3.05, 3.63) is 6.33 Å². The first-order valence-corrected chi connectivity index (χ1v) is 6.60. The predicted molar refractivity (Wildman–Crippen MR) is 73.1 cm³/mol. The van der Waals surface area contributed by atoms with Crippen LogP contribution in [0.5, 0.6) is 0 Å². The number of nitrogens with zero attached hydrogens (tertiary/aromatic N) is 3. The fraction of sp³-hybridized carbons (Fsp3) is 0.583. The summed E-state index contributed by atoms with van der Waals surface area (Å²) in [6.45, 7) is 2.86. The summed E-state index contributed by atoms with van der Waals surface area (Å²) < 4.78 is 0. The van der Waals surface area contributed by atoms with Crippen LogP contribution in [0.2, 0.25) is 0 Å². The SMILES string of the molecule is CCNc1nc(NC2(CO)CCC2)c2[nH]cnc2n1. The van der Waals surface area contributed by atoms with Gasteiger partial charge < -0.3 is 20.7 Å². The lowest BCUT2D eigenvalue weighted by Gasteiger charge is -2.41. The molecule has 1 saturated carbocycles. The van der Waals surface area contributed by atoms with Crippen LogP contribution in [0.3, 0.4) is 0 Å². The molecule has 7 nitrogen and oxygen atoms in total. The van der Waals surface area contributed by atoms with Gasteiger partial charge in [-0.1, -0.05) is 0 Å². The Labute approximate surface area is 110 Å². The molecule has 2 aromatic heterocycles. The van der Waals surface area contributed by atoms with Gasteiger partial charge in [0, 0.05) is 6.54 Å². The number of aliphatic hydroxyl groups is 1. The summed E-state index contributed by atoms with van der Waals surface area (Å²) in [4.78, 5) is 16.0. The minimum absolute atomic E-state index is 0.114. The van der Waals surface area contributed by atoms with E-state index in [1.807, 2.05) is 6.92 Å². The number of fused-ring (bicyclic) bond motifs is 1. The van der Waals surface area contributed by atoms with Gasteiger partial charge >= 0.3 is 0 Å². The standard InChI is InChI=1S/C12H18N6O/c1-2-13-11-16-9-8(14-7-15-9)10(17-11)18-12(6-19)4-3-5-12/h7,19H,2-6H2,1H3,(H3,13,14,15,16,17,18). The van der Waals surface area contributed by atoms with Gasteiger partial charge in [0.05, 0.1) is 18.5 Å². The van der Waals surface area contributed by atoms with Gasteiger partial charge in [-0.25, -0.2) is 4.98 Å². The van der Waals surface area contributed by atoms with Gasteiger partial charge in [-0.3, -0.25) is 0 Å². The number of rotatable bonds is 5. The number of aromatic amines is 1. The molecule has 1 aliphatic rings. The molecule has 102 valence electrons. The second kappa shape index (κ2) is 4.65. The lowest BCUT2D eigenvalue weighted by molar-refractivity contribution is 0.144. The summed E-state index contributed by atoms with van der Waals surface area (Å²) in [5.41, 5.74) is 1.16. The zero-order valence-corrected chi connectivity index (χ0v) is 10.9. The molecule has 0 atom stereocenters. The monoisotopic (exact) mass is 262 g/mol. The van der Waals surface area contributed by atoms with Crippen molar-refractivity contribution in [2.24, 2.45) is 0 Å². The normalized spacial score (nSPS) is 17.2. The van der Waals surface area contributed by atoms with E-state index in [4.69, 9.17) is 0 Å². The lowest BCUT2D eigenvalue weighted by Crippen LogP contribution is -2.48. The van der Waals surface area contributed by atoms with Crippen LogP contribution in [0.25, 0.3) is 11.2 Å². The molecule has 0 aliphatic heterocycles. The van der Waals surface area contributed by atoms with Crippen molar-refractivity contribution in [2.45, 2.75) is 31.7 Å². The number of H-pyrrole nitrogens is 1. The first-order valence-electron chi connectivity index (χ1n) is 6.60. The molecule has 0 saturated heterocycles. The minimum Gasteiger partial charge on any atom is -0.394 e. The number of aromatic nitrogens is 4. The maximum atomic E-state index is 9.55. The molecule has 1 aliphatic carbocycles. The Morgan fingerprint density at radius 3 is 2.89 bits per heavy atom. The van der Waals surface area contributed by atoms with Crippen molar-refractivity contribution in [3.8, 4) is 0 Å². The summed E-state index contributed by atoms with van der Waals surface area (Å²) in [6.07, 6.45) is 4.65. The second-order valence-corrected chi connectivity index (χ2v) is 4.94. The van der Waals surface area contributed by atoms with Gasteiger partial charge in [-0.2, -0.15) is 9.97 Å². The van der Waals surface area contributed by atoms with Crippen LogP contribution < -0.4 is 10.6 Å². The summed E-state index contributed by atoms with van der Waals surface area (Å²) >= 11 is 0. The average Bonchev–Trinajstić information content (AvgIpc) is 2.82. The van der Waals surface area contributed by atoms with Crippen molar-refractivity contribution in [3.63, 3.8) is 0 Å². The summed E-state index contributed by atoms with van der Waals surface area (Å²) in [6, 6.07) is 0. The molecule has 4 N–H and O–H groups in total. The summed E-state index contributed by atoms with van der Waals surface area (Å²) in [7, 11) is 0. The molecular formula is C12H18N6O. The molecule has 2 heterocycles. The smallest absolute Gasteiger partial charge is 0.226 e. The molecule has 7 heteroatoms. The van der Waals surface area contributed by atoms with Crippen LogP contribution >= 0.6 is 0 Å². The quantitative estimate of drug-likeness (QED) is 0.644. The van der Waals surface area contributed by atoms with E-state index in [0.717, 1.165) is 31.3 Å². The van der Waals surface area contributed by atoms with Crippen molar-refractivity contribution in [1.29, 1.82) is 0 Å². The molecule has 3 rings (SSSR count). The molecule has 0 amide bonds. The molecule has 0 unspecified atom stereocenters. The van der Waals surface area contributed by atoms with E-state index in [1.54, 1.807) is 6.33 Å². The molecule has 1 fully saturated rings. The van der Waals surface area contributed by atoms with Crippen LogP contribution in [0, 0.1) is 0 Å². The third kappa shape index (κ3) is 2.10. The number of nitrogens with one attached hydrogen (secondary N) is 3. The Hall–Kier alpha value is -1.89. The van der Waals surface area contributed by atoms with Gasteiger partial charge in [-0.15, -0.1) is 0 Å². The highest BCUT2D eigenvalue weighted by Crippen LogP contribution is 2.35. The maximum Gasteiger partial charge on any atom is 0.226 e. The topological polar surface area (TPSA) is 98.8 Å². The van der Waals surface area contributed by atoms with Gasteiger partial charge in [0.25, 0.3) is 0 Å². The van der Waals surface area contributed by atoms with E-state index in [1.165, 1.54) is 0 Å². The molecule has 19 heavy (non-hydrogen) atoms. The third-order valence-electron chi connectivity index (χ3n) is 3.62. The van der Waals surface area contributed by atoms with Gasteiger partial charge in [0.15, 0.2) is 11.5 Å². The van der Waals surface area contributed by atoms with Crippen molar-refractivity contribution in [1.82, 2.24) is 19.9 Å². The Balaban J connectivity index is 1.98. The minimum atomic E-state index is -0.240. The molecule has 0 spiro atoms. The maximum absolute atomic E-state index is 9.55. The fourth-order valence-electron chi connectivity index (χ4n) is 2.34. The Bertz CT molecular complexity index is 571. The van der Waals surface area contributed by atoms with E-state index in [0.29, 0.717) is 17.4 Å². The van der Waals surface area contributed by atoms with Gasteiger partial charge in [0.1, 0.15) is 5.52 Å². The fourth-order valence-corrected chi connectivity index (χ4v) is 2.34. The van der Waals surface area contributed by atoms with Gasteiger partial charge in [0.2, 0.25) is 5.95 Å². The van der Waals surface area contributed by atoms with E-state index >= 15 is 0 Å². The number of aliphatic hydroxyl groups excluding tert-OH is 1. The Morgan fingerprint density at radius 1 is 1.42 bits per heavy atom. The van der Waals surface area contributed by atoms with E-state index in [2.05, 4.69) is 30.6 Å². The third-order valence-corrected chi connectivity index (χ3v) is 3.62. The zero-order valence-electron chi connectivity index (χ0n) is 10.9. The second-order valence-electron chi connectivity index (χ2n) is 4.94. The van der Waals surface area contributed by atoms with E-state index < -0.39 is 0 Å². The zero-order chi connectivity index (χ0) is 13.3. The van der Waals surface area contributed by atoms with Crippen molar-refractivity contribution in [2.75, 3.05) is 23.8 Å². The van der Waals surface area contributed by atoms with Crippen LogP contribution in [-0.4, -0.2) is 43.7 Å². The van der Waals surface area contributed by atoms with Crippen molar-refractivity contribution < 1.29 is 5.11 Å². The van der Waals surface area contributed by atoms with Crippen LogP contribution in [0.1, 0.15) is 26.2 Å². The Kier molecular flexibility index (Phi) is 2.98. The summed E-state index contributed by atoms with van der Waals surface area (Å²) in [5, 5.41) is 16.0. The first-order chi connectivity index (χ1) is 9.26. The average molecular weight is 262 g/mol. The van der Waals surface area contributed by atoms with E-state index in [9.17, 15) is 5.11 Å². The molecular weight excluding hydrogens is 244 g/mol. The number of imidazole rings is 1. The molecule has 2 aromatic rings. The number of hydrogen-bond acceptors (Lipinski definition) is 6. The number of anilines is 2. The largest absolute Gasteiger partial charge is 0.394 e. The van der Waals surface area contributed by atoms with Gasteiger partial charge in [-0.05, 0) is 26.2 Å². The highest BCUT2D eigenvalue weighted by Gasteiger charge is 2.37. The Morgan fingerprint density at radius 2 is 2.26 bits per heavy atom. The molecule has 0 aromatic carbocycles. The van der Waals surface area contributed by atoms with Crippen LogP contribution in [-0.2, 0) is 0 Å². The summed E-state index contributed by atoms with van der Waals surface area (Å²) in [5.74, 6) is 1.25. The van der Waals surface area contributed by atoms with Crippen LogP contribution in [0.15, 0.2) is 6.33 Å². The van der Waals surface area contributed by atoms with Crippen LogP contribution in [0.4, 0.5) is 11.8 Å². The highest BCUT2D eigenvalue weighted by molar-refractivity contribution is 5.84. The molecule has 0 bridgehead atoms. The lowest BCUT2D eigenvalue weighted by atomic mass is 9.77. The highest BCUT2D eigenvalue weighted by atomic mass is 16.3.